The molecule has 0 aliphatic carbocycles. The number of fused-ring (bicyclic) bond motifs is 1. The van der Waals surface area contributed by atoms with E-state index in [1.807, 2.05) is 30.3 Å². The molecule has 3 heterocycles. The summed E-state index contributed by atoms with van der Waals surface area (Å²) in [5.74, 6) is 0.541. The van der Waals surface area contributed by atoms with Gasteiger partial charge in [0.25, 0.3) is 5.56 Å². The van der Waals surface area contributed by atoms with Gasteiger partial charge in [-0.2, -0.15) is 9.50 Å². The van der Waals surface area contributed by atoms with Gasteiger partial charge in [0.1, 0.15) is 0 Å². The molecule has 4 aromatic rings. The Balaban J connectivity index is 1.78. The van der Waals surface area contributed by atoms with Gasteiger partial charge in [-0.3, -0.25) is 9.78 Å². The highest BCUT2D eigenvalue weighted by Gasteiger charge is 2.11. The Hall–Kier alpha value is -2.86. The van der Waals surface area contributed by atoms with Crippen molar-refractivity contribution in [3.05, 3.63) is 74.8 Å². The first-order valence-corrected chi connectivity index (χ1v) is 8.47. The molecule has 118 valence electrons. The third kappa shape index (κ3) is 2.61. The van der Waals surface area contributed by atoms with Crippen LogP contribution in [0.4, 0.5) is 0 Å². The van der Waals surface area contributed by atoms with Crippen LogP contribution >= 0.6 is 11.3 Å². The summed E-state index contributed by atoms with van der Waals surface area (Å²) in [5.41, 5.74) is 2.99. The average molecular weight is 334 g/mol. The van der Waals surface area contributed by atoms with Crippen molar-refractivity contribution in [2.45, 2.75) is 13.3 Å². The monoisotopic (exact) mass is 334 g/mol. The number of aryl methyl sites for hydroxylation is 1. The van der Waals surface area contributed by atoms with Gasteiger partial charge in [-0.15, -0.1) is 5.10 Å². The zero-order chi connectivity index (χ0) is 16.5. The first-order valence-electron chi connectivity index (χ1n) is 7.65. The molecule has 0 spiro atoms. The van der Waals surface area contributed by atoms with Crippen molar-refractivity contribution < 1.29 is 0 Å². The van der Waals surface area contributed by atoms with Crippen LogP contribution in [0.1, 0.15) is 18.1 Å². The van der Waals surface area contributed by atoms with Crippen LogP contribution in [0.3, 0.4) is 0 Å². The second-order valence-corrected chi connectivity index (χ2v) is 6.39. The molecule has 0 aliphatic rings. The molecule has 0 aliphatic heterocycles. The molecular weight excluding hydrogens is 320 g/mol. The van der Waals surface area contributed by atoms with Crippen LogP contribution in [0.2, 0.25) is 0 Å². The second kappa shape index (κ2) is 5.98. The maximum atomic E-state index is 12.5. The highest BCUT2D eigenvalue weighted by molar-refractivity contribution is 7.15. The van der Waals surface area contributed by atoms with E-state index in [2.05, 4.69) is 34.1 Å². The molecule has 0 radical (unpaired) electrons. The van der Waals surface area contributed by atoms with Crippen LogP contribution in [-0.2, 0) is 6.42 Å². The van der Waals surface area contributed by atoms with Crippen molar-refractivity contribution in [3.63, 3.8) is 0 Å². The predicted molar refractivity (Wildman–Crippen MR) is 95.0 cm³/mol. The number of nitrogens with zero attached hydrogens (tertiary/aromatic N) is 4. The number of rotatable bonds is 3. The maximum Gasteiger partial charge on any atom is 0.291 e. The zero-order valence-electron chi connectivity index (χ0n) is 13.0. The van der Waals surface area contributed by atoms with E-state index in [1.54, 1.807) is 12.4 Å². The molecule has 0 saturated carbocycles. The van der Waals surface area contributed by atoms with Crippen molar-refractivity contribution in [2.75, 3.05) is 0 Å². The van der Waals surface area contributed by atoms with E-state index in [9.17, 15) is 4.79 Å². The minimum atomic E-state index is -0.137. The standard InChI is InChI=1S/C18H14N4OS/c1-2-12-3-5-13(6-4-12)11-15-17(23)22-18(24-15)20-16(21-22)14-7-9-19-10-8-14/h3-11H,2H2,1H3. The van der Waals surface area contributed by atoms with Crippen molar-refractivity contribution >= 4 is 22.4 Å². The molecule has 4 rings (SSSR count). The van der Waals surface area contributed by atoms with Gasteiger partial charge < -0.3 is 0 Å². The van der Waals surface area contributed by atoms with Gasteiger partial charge in [0.05, 0.1) is 4.53 Å². The molecule has 0 N–H and O–H groups in total. The predicted octanol–water partition coefficient (Wildman–Crippen LogP) is 2.32. The van der Waals surface area contributed by atoms with Crippen LogP contribution in [0.5, 0.6) is 0 Å². The highest BCUT2D eigenvalue weighted by Crippen LogP contribution is 2.15. The molecule has 1 aromatic carbocycles. The van der Waals surface area contributed by atoms with E-state index in [4.69, 9.17) is 0 Å². The lowest BCUT2D eigenvalue weighted by atomic mass is 10.1. The number of hydrogen-bond acceptors (Lipinski definition) is 5. The summed E-state index contributed by atoms with van der Waals surface area (Å²) in [6.45, 7) is 2.12. The largest absolute Gasteiger partial charge is 0.291 e. The fourth-order valence-corrected chi connectivity index (χ4v) is 3.37. The molecule has 5 nitrogen and oxygen atoms in total. The Labute approximate surface area is 141 Å². The number of thiazole rings is 1. The summed E-state index contributed by atoms with van der Waals surface area (Å²) in [5, 5.41) is 4.33. The fraction of sp³-hybridized carbons (Fsp3) is 0.111. The summed E-state index contributed by atoms with van der Waals surface area (Å²) >= 11 is 1.35. The molecular formula is C18H14N4OS. The van der Waals surface area contributed by atoms with Crippen molar-refractivity contribution in [2.24, 2.45) is 0 Å². The first-order chi connectivity index (χ1) is 11.7. The van der Waals surface area contributed by atoms with Gasteiger partial charge in [0.2, 0.25) is 4.96 Å². The quantitative estimate of drug-likeness (QED) is 0.577. The van der Waals surface area contributed by atoms with Gasteiger partial charge in [-0.1, -0.05) is 42.5 Å². The first kappa shape index (κ1) is 14.7. The molecule has 0 saturated heterocycles. The van der Waals surface area contributed by atoms with Gasteiger partial charge in [-0.25, -0.2) is 0 Å². The lowest BCUT2D eigenvalue weighted by Crippen LogP contribution is -2.23. The lowest BCUT2D eigenvalue weighted by Gasteiger charge is -1.96. The number of pyridine rings is 1. The smallest absolute Gasteiger partial charge is 0.266 e. The molecule has 6 heteroatoms. The molecule has 0 amide bonds. The van der Waals surface area contributed by atoms with Crippen LogP contribution < -0.4 is 10.1 Å². The summed E-state index contributed by atoms with van der Waals surface area (Å²) in [6.07, 6.45) is 6.25. The number of benzene rings is 1. The number of hydrogen-bond donors (Lipinski definition) is 0. The Morgan fingerprint density at radius 1 is 1.12 bits per heavy atom. The van der Waals surface area contributed by atoms with E-state index in [-0.39, 0.29) is 5.56 Å². The SMILES string of the molecule is CCc1ccc(C=c2sc3nc(-c4ccncc4)nn3c2=O)cc1. The Morgan fingerprint density at radius 3 is 2.54 bits per heavy atom. The minimum Gasteiger partial charge on any atom is -0.266 e. The Kier molecular flexibility index (Phi) is 3.66. The maximum absolute atomic E-state index is 12.5. The van der Waals surface area contributed by atoms with E-state index in [0.29, 0.717) is 15.3 Å². The van der Waals surface area contributed by atoms with E-state index in [1.165, 1.54) is 21.4 Å². The molecule has 0 atom stereocenters. The van der Waals surface area contributed by atoms with E-state index in [0.717, 1.165) is 17.5 Å². The molecule has 0 bridgehead atoms. The number of aromatic nitrogens is 4. The molecule has 0 unspecified atom stereocenters. The van der Waals surface area contributed by atoms with Crippen molar-refractivity contribution in [1.29, 1.82) is 0 Å². The van der Waals surface area contributed by atoms with Crippen molar-refractivity contribution in [3.8, 4) is 11.4 Å². The normalized spacial score (nSPS) is 12.1. The van der Waals surface area contributed by atoms with Crippen LogP contribution in [-0.4, -0.2) is 19.6 Å². The van der Waals surface area contributed by atoms with Crippen LogP contribution in [0, 0.1) is 0 Å². The summed E-state index contributed by atoms with van der Waals surface area (Å²) in [7, 11) is 0. The average Bonchev–Trinajstić information content (AvgIpc) is 3.17. The Morgan fingerprint density at radius 2 is 1.88 bits per heavy atom. The fourth-order valence-electron chi connectivity index (χ4n) is 2.46. The van der Waals surface area contributed by atoms with E-state index < -0.39 is 0 Å². The molecule has 24 heavy (non-hydrogen) atoms. The second-order valence-electron chi connectivity index (χ2n) is 5.38. The van der Waals surface area contributed by atoms with Gasteiger partial charge in [-0.05, 0) is 35.8 Å². The van der Waals surface area contributed by atoms with Crippen LogP contribution in [0.25, 0.3) is 22.4 Å². The molecule has 0 fully saturated rings. The highest BCUT2D eigenvalue weighted by atomic mass is 32.1. The summed E-state index contributed by atoms with van der Waals surface area (Å²) < 4.78 is 2.00. The van der Waals surface area contributed by atoms with Gasteiger partial charge in [0, 0.05) is 18.0 Å². The van der Waals surface area contributed by atoms with E-state index >= 15 is 0 Å². The zero-order valence-corrected chi connectivity index (χ0v) is 13.8. The summed E-state index contributed by atoms with van der Waals surface area (Å²) in [4.78, 5) is 21.6. The third-order valence-corrected chi connectivity index (χ3v) is 4.77. The Bertz CT molecular complexity index is 1100. The minimum absolute atomic E-state index is 0.137. The summed E-state index contributed by atoms with van der Waals surface area (Å²) in [6, 6.07) is 11.9. The topological polar surface area (TPSA) is 60.1 Å². The van der Waals surface area contributed by atoms with Gasteiger partial charge >= 0.3 is 0 Å². The van der Waals surface area contributed by atoms with Crippen molar-refractivity contribution in [1.82, 2.24) is 19.6 Å². The van der Waals surface area contributed by atoms with Gasteiger partial charge in [0.15, 0.2) is 5.82 Å². The third-order valence-electron chi connectivity index (χ3n) is 3.81. The lowest BCUT2D eigenvalue weighted by molar-refractivity contribution is 0.936. The van der Waals surface area contributed by atoms with Crippen LogP contribution in [0.15, 0.2) is 53.6 Å². The molecule has 3 aromatic heterocycles.